The van der Waals surface area contributed by atoms with Gasteiger partial charge in [-0.25, -0.2) is 0 Å². The van der Waals surface area contributed by atoms with Gasteiger partial charge in [0.15, 0.2) is 0 Å². The monoisotopic (exact) mass is 267 g/mol. The van der Waals surface area contributed by atoms with Crippen LogP contribution in [0.2, 0.25) is 0 Å². The van der Waals surface area contributed by atoms with E-state index in [1.807, 2.05) is 21.0 Å². The van der Waals surface area contributed by atoms with E-state index in [9.17, 15) is 4.79 Å². The number of hydrogen-bond acceptors (Lipinski definition) is 7. The summed E-state index contributed by atoms with van der Waals surface area (Å²) in [6, 6.07) is 0. The summed E-state index contributed by atoms with van der Waals surface area (Å²) in [5.41, 5.74) is 5.67. The molecule has 0 aliphatic heterocycles. The topological polar surface area (TPSA) is 91.5 Å². The second-order valence-corrected chi connectivity index (χ2v) is 4.49. The smallest absolute Gasteiger partial charge is 0.241 e. The first kappa shape index (κ1) is 14.9. The number of aromatic nitrogens is 3. The molecule has 8 heteroatoms. The Morgan fingerprint density at radius 3 is 2.16 bits per heavy atom. The number of carbonyl (C=O) groups is 1. The summed E-state index contributed by atoms with van der Waals surface area (Å²) in [4.78, 5) is 29.2. The van der Waals surface area contributed by atoms with E-state index in [1.165, 1.54) is 4.90 Å². The number of nitrogen functional groups attached to an aromatic ring is 1. The van der Waals surface area contributed by atoms with Crippen molar-refractivity contribution in [2.45, 2.75) is 6.92 Å². The number of rotatable bonds is 5. The summed E-state index contributed by atoms with van der Waals surface area (Å²) >= 11 is 0. The van der Waals surface area contributed by atoms with Gasteiger partial charge in [-0.1, -0.05) is 0 Å². The quantitative estimate of drug-likeness (QED) is 0.764. The number of likely N-dealkylation sites (N-methyl/N-ethyl adjacent to an activating group) is 2. The van der Waals surface area contributed by atoms with E-state index >= 15 is 0 Å². The highest BCUT2D eigenvalue weighted by molar-refractivity contribution is 5.80. The van der Waals surface area contributed by atoms with Crippen LogP contribution in [-0.4, -0.2) is 67.0 Å². The second-order valence-electron chi connectivity index (χ2n) is 4.49. The minimum absolute atomic E-state index is 0.0211. The number of carbonyl (C=O) groups excluding carboxylic acids is 1. The highest BCUT2D eigenvalue weighted by atomic mass is 16.2. The minimum Gasteiger partial charge on any atom is -0.368 e. The van der Waals surface area contributed by atoms with E-state index in [0.717, 1.165) is 0 Å². The van der Waals surface area contributed by atoms with E-state index < -0.39 is 0 Å². The first-order valence-electron chi connectivity index (χ1n) is 5.99. The van der Waals surface area contributed by atoms with Gasteiger partial charge in [0.2, 0.25) is 23.8 Å². The summed E-state index contributed by atoms with van der Waals surface area (Å²) in [6.07, 6.45) is 0. The summed E-state index contributed by atoms with van der Waals surface area (Å²) in [7, 11) is 7.06. The van der Waals surface area contributed by atoms with Gasteiger partial charge in [-0.2, -0.15) is 15.0 Å². The normalized spacial score (nSPS) is 10.2. The summed E-state index contributed by atoms with van der Waals surface area (Å²) in [5, 5.41) is 0. The van der Waals surface area contributed by atoms with Crippen LogP contribution in [0.1, 0.15) is 6.92 Å². The summed E-state index contributed by atoms with van der Waals surface area (Å²) in [6.45, 7) is 2.74. The van der Waals surface area contributed by atoms with Crippen LogP contribution in [-0.2, 0) is 4.79 Å². The van der Waals surface area contributed by atoms with Crippen molar-refractivity contribution in [1.29, 1.82) is 0 Å². The molecule has 0 saturated carbocycles. The maximum Gasteiger partial charge on any atom is 0.241 e. The molecule has 1 aromatic rings. The van der Waals surface area contributed by atoms with Gasteiger partial charge < -0.3 is 20.4 Å². The number of nitrogens with zero attached hydrogens (tertiary/aromatic N) is 6. The zero-order chi connectivity index (χ0) is 14.6. The fourth-order valence-corrected chi connectivity index (χ4v) is 1.34. The molecule has 0 bridgehead atoms. The third-order valence-corrected chi connectivity index (χ3v) is 2.52. The molecule has 1 heterocycles. The molecule has 0 unspecified atom stereocenters. The molecule has 0 fully saturated rings. The Morgan fingerprint density at radius 2 is 1.68 bits per heavy atom. The van der Waals surface area contributed by atoms with Crippen LogP contribution in [0.15, 0.2) is 0 Å². The molecule has 0 aliphatic rings. The van der Waals surface area contributed by atoms with E-state index in [-0.39, 0.29) is 18.4 Å². The molecular weight excluding hydrogens is 246 g/mol. The molecule has 1 rings (SSSR count). The average molecular weight is 267 g/mol. The SMILES string of the molecule is CCN(CC(=O)N(C)C)c1nc(N)nc(N(C)C)n1. The molecule has 0 radical (unpaired) electrons. The molecule has 0 saturated heterocycles. The molecule has 1 amide bonds. The van der Waals surface area contributed by atoms with Crippen LogP contribution in [0.5, 0.6) is 0 Å². The Balaban J connectivity index is 3.01. The predicted octanol–water partition coefficient (Wildman–Crippen LogP) is -0.566. The third kappa shape index (κ3) is 3.94. The van der Waals surface area contributed by atoms with Gasteiger partial charge >= 0.3 is 0 Å². The van der Waals surface area contributed by atoms with E-state index in [4.69, 9.17) is 5.73 Å². The zero-order valence-corrected chi connectivity index (χ0v) is 12.1. The minimum atomic E-state index is -0.0211. The standard InChI is InChI=1S/C11H21N7O/c1-6-18(7-8(19)16(2)3)11-14-9(12)13-10(15-11)17(4)5/h6-7H2,1-5H3,(H2,12,13,14,15). The maximum absolute atomic E-state index is 11.8. The Labute approximate surface area is 113 Å². The van der Waals surface area contributed by atoms with Gasteiger partial charge in [0.1, 0.15) is 0 Å². The third-order valence-electron chi connectivity index (χ3n) is 2.52. The molecule has 0 atom stereocenters. The molecule has 19 heavy (non-hydrogen) atoms. The van der Waals surface area contributed by atoms with Crippen molar-refractivity contribution in [2.75, 3.05) is 56.8 Å². The summed E-state index contributed by atoms with van der Waals surface area (Å²) < 4.78 is 0. The summed E-state index contributed by atoms with van der Waals surface area (Å²) in [5.74, 6) is 1.00. The van der Waals surface area contributed by atoms with Crippen molar-refractivity contribution in [2.24, 2.45) is 0 Å². The molecule has 8 nitrogen and oxygen atoms in total. The highest BCUT2D eigenvalue weighted by Crippen LogP contribution is 2.13. The molecule has 0 aromatic carbocycles. The van der Waals surface area contributed by atoms with Crippen LogP contribution >= 0.6 is 0 Å². The van der Waals surface area contributed by atoms with Crippen molar-refractivity contribution >= 4 is 23.8 Å². The Kier molecular flexibility index (Phi) is 4.85. The van der Waals surface area contributed by atoms with Crippen LogP contribution < -0.4 is 15.5 Å². The first-order valence-corrected chi connectivity index (χ1v) is 5.99. The van der Waals surface area contributed by atoms with Gasteiger partial charge in [0.25, 0.3) is 0 Å². The van der Waals surface area contributed by atoms with Gasteiger partial charge in [0, 0.05) is 34.7 Å². The number of anilines is 3. The zero-order valence-electron chi connectivity index (χ0n) is 12.1. The van der Waals surface area contributed by atoms with Crippen molar-refractivity contribution in [3.05, 3.63) is 0 Å². The maximum atomic E-state index is 11.8. The van der Waals surface area contributed by atoms with Crippen LogP contribution in [0.25, 0.3) is 0 Å². The van der Waals surface area contributed by atoms with Crippen LogP contribution in [0, 0.1) is 0 Å². The van der Waals surface area contributed by atoms with Gasteiger partial charge in [-0.05, 0) is 6.92 Å². The van der Waals surface area contributed by atoms with E-state index in [0.29, 0.717) is 18.4 Å². The van der Waals surface area contributed by atoms with Crippen molar-refractivity contribution in [3.8, 4) is 0 Å². The van der Waals surface area contributed by atoms with Crippen molar-refractivity contribution in [3.63, 3.8) is 0 Å². The highest BCUT2D eigenvalue weighted by Gasteiger charge is 2.16. The van der Waals surface area contributed by atoms with Crippen molar-refractivity contribution < 1.29 is 4.79 Å². The Hall–Kier alpha value is -2.12. The van der Waals surface area contributed by atoms with Gasteiger partial charge in [0.05, 0.1) is 6.54 Å². The lowest BCUT2D eigenvalue weighted by Crippen LogP contribution is -2.37. The second kappa shape index (κ2) is 6.17. The van der Waals surface area contributed by atoms with Gasteiger partial charge in [-0.15, -0.1) is 0 Å². The molecule has 0 aliphatic carbocycles. The lowest BCUT2D eigenvalue weighted by atomic mass is 10.4. The number of amides is 1. The number of hydrogen-bond donors (Lipinski definition) is 1. The molecule has 106 valence electrons. The van der Waals surface area contributed by atoms with Crippen LogP contribution in [0.3, 0.4) is 0 Å². The number of nitrogens with two attached hydrogens (primary N) is 1. The van der Waals surface area contributed by atoms with Gasteiger partial charge in [-0.3, -0.25) is 4.79 Å². The van der Waals surface area contributed by atoms with Crippen LogP contribution in [0.4, 0.5) is 17.8 Å². The fraction of sp³-hybridized carbons (Fsp3) is 0.636. The van der Waals surface area contributed by atoms with E-state index in [1.54, 1.807) is 23.9 Å². The molecular formula is C11H21N7O. The largest absolute Gasteiger partial charge is 0.368 e. The molecule has 2 N–H and O–H groups in total. The van der Waals surface area contributed by atoms with Crippen molar-refractivity contribution in [1.82, 2.24) is 19.9 Å². The fourth-order valence-electron chi connectivity index (χ4n) is 1.34. The molecule has 1 aromatic heterocycles. The average Bonchev–Trinajstić information content (AvgIpc) is 2.34. The lowest BCUT2D eigenvalue weighted by Gasteiger charge is -2.23. The Morgan fingerprint density at radius 1 is 1.11 bits per heavy atom. The lowest BCUT2D eigenvalue weighted by molar-refractivity contribution is -0.127. The molecule has 0 spiro atoms. The Bertz CT molecular complexity index is 447. The predicted molar refractivity (Wildman–Crippen MR) is 75.1 cm³/mol. The van der Waals surface area contributed by atoms with E-state index in [2.05, 4.69) is 15.0 Å². The first-order chi connectivity index (χ1) is 8.85.